The minimum Gasteiger partial charge on any atom is -0.359 e. The maximum Gasteiger partial charge on any atom is 0.130 e. The topological polar surface area (TPSA) is 43.2 Å². The Kier molecular flexibility index (Phi) is 3.76. The molecule has 4 heteroatoms. The molecule has 0 spiro atoms. The molecule has 4 nitrogen and oxygen atoms in total. The summed E-state index contributed by atoms with van der Waals surface area (Å²) >= 11 is 0. The van der Waals surface area contributed by atoms with Crippen LogP contribution >= 0.6 is 0 Å². The fourth-order valence-corrected chi connectivity index (χ4v) is 3.11. The molecule has 108 valence electrons. The molecule has 0 radical (unpaired) electrons. The largest absolute Gasteiger partial charge is 0.359 e. The van der Waals surface area contributed by atoms with E-state index in [1.807, 2.05) is 30.3 Å². The standard InChI is InChI=1S/C17H20N4/c1-20-8-7-13(11-20)12-21(2)17-9-14(10-18)15-5-3-4-6-16(15)19-17/h3-6,9,13H,7-8,11-12H2,1-2H3. The first kappa shape index (κ1) is 13.8. The van der Waals surface area contributed by atoms with Crippen molar-refractivity contribution in [3.8, 4) is 6.07 Å². The summed E-state index contributed by atoms with van der Waals surface area (Å²) in [7, 11) is 4.23. The summed E-state index contributed by atoms with van der Waals surface area (Å²) in [6.07, 6.45) is 1.24. The van der Waals surface area contributed by atoms with Crippen LogP contribution in [0.2, 0.25) is 0 Å². The molecule has 0 amide bonds. The van der Waals surface area contributed by atoms with Gasteiger partial charge >= 0.3 is 0 Å². The van der Waals surface area contributed by atoms with Gasteiger partial charge in [0, 0.05) is 25.5 Å². The molecule has 1 aromatic carbocycles. The summed E-state index contributed by atoms with van der Waals surface area (Å²) in [6, 6.07) is 12.0. The van der Waals surface area contributed by atoms with Crippen LogP contribution in [0.5, 0.6) is 0 Å². The number of aromatic nitrogens is 1. The number of rotatable bonds is 3. The SMILES string of the molecule is CN1CCC(CN(C)c2cc(C#N)c3ccccc3n2)C1. The van der Waals surface area contributed by atoms with Gasteiger partial charge in [0.05, 0.1) is 17.1 Å². The zero-order valence-electron chi connectivity index (χ0n) is 12.6. The third-order valence-electron chi connectivity index (χ3n) is 4.24. The highest BCUT2D eigenvalue weighted by atomic mass is 15.2. The molecule has 21 heavy (non-hydrogen) atoms. The van der Waals surface area contributed by atoms with E-state index in [0.717, 1.165) is 29.8 Å². The molecule has 1 aromatic heterocycles. The highest BCUT2D eigenvalue weighted by Crippen LogP contribution is 2.23. The third-order valence-corrected chi connectivity index (χ3v) is 4.24. The monoisotopic (exact) mass is 280 g/mol. The highest BCUT2D eigenvalue weighted by molar-refractivity contribution is 5.86. The molecule has 1 saturated heterocycles. The van der Waals surface area contributed by atoms with Crippen molar-refractivity contribution in [3.63, 3.8) is 0 Å². The summed E-state index contributed by atoms with van der Waals surface area (Å²) < 4.78 is 0. The van der Waals surface area contributed by atoms with Crippen LogP contribution < -0.4 is 4.90 Å². The lowest BCUT2D eigenvalue weighted by Crippen LogP contribution is -2.27. The molecule has 2 heterocycles. The van der Waals surface area contributed by atoms with Gasteiger partial charge in [0.2, 0.25) is 0 Å². The Hall–Kier alpha value is -2.12. The summed E-state index contributed by atoms with van der Waals surface area (Å²) in [6.45, 7) is 3.30. The predicted octanol–water partition coefficient (Wildman–Crippen LogP) is 2.49. The number of hydrogen-bond acceptors (Lipinski definition) is 4. The summed E-state index contributed by atoms with van der Waals surface area (Å²) in [4.78, 5) is 9.25. The second kappa shape index (κ2) is 5.71. The second-order valence-corrected chi connectivity index (χ2v) is 5.95. The Morgan fingerprint density at radius 2 is 2.24 bits per heavy atom. The second-order valence-electron chi connectivity index (χ2n) is 5.95. The summed E-state index contributed by atoms with van der Waals surface area (Å²) in [5.74, 6) is 1.57. The van der Waals surface area contributed by atoms with Crippen LogP contribution in [0.1, 0.15) is 12.0 Å². The number of fused-ring (bicyclic) bond motifs is 1. The van der Waals surface area contributed by atoms with Gasteiger partial charge in [-0.05, 0) is 38.1 Å². The van der Waals surface area contributed by atoms with Crippen molar-refractivity contribution in [2.75, 3.05) is 38.6 Å². The molecule has 0 bridgehead atoms. The molecular formula is C17H20N4. The molecule has 1 aliphatic rings. The predicted molar refractivity (Wildman–Crippen MR) is 85.3 cm³/mol. The van der Waals surface area contributed by atoms with E-state index in [1.54, 1.807) is 0 Å². The third kappa shape index (κ3) is 2.84. The van der Waals surface area contributed by atoms with Crippen molar-refractivity contribution in [1.82, 2.24) is 9.88 Å². The summed E-state index contributed by atoms with van der Waals surface area (Å²) in [5.41, 5.74) is 1.59. The number of nitrogens with zero attached hydrogens (tertiary/aromatic N) is 4. The smallest absolute Gasteiger partial charge is 0.130 e. The maximum atomic E-state index is 9.36. The highest BCUT2D eigenvalue weighted by Gasteiger charge is 2.21. The van der Waals surface area contributed by atoms with Crippen LogP contribution in [0.4, 0.5) is 5.82 Å². The number of nitriles is 1. The van der Waals surface area contributed by atoms with Gasteiger partial charge in [-0.2, -0.15) is 5.26 Å². The Labute approximate surface area is 125 Å². The van der Waals surface area contributed by atoms with Gasteiger partial charge in [-0.3, -0.25) is 0 Å². The van der Waals surface area contributed by atoms with Crippen LogP contribution in [-0.2, 0) is 0 Å². The van der Waals surface area contributed by atoms with E-state index in [-0.39, 0.29) is 0 Å². The van der Waals surface area contributed by atoms with E-state index in [4.69, 9.17) is 4.98 Å². The molecule has 1 aliphatic heterocycles. The van der Waals surface area contributed by atoms with Crippen molar-refractivity contribution < 1.29 is 0 Å². The average Bonchev–Trinajstić information content (AvgIpc) is 2.91. The quantitative estimate of drug-likeness (QED) is 0.866. The number of likely N-dealkylation sites (tertiary alicyclic amines) is 1. The van der Waals surface area contributed by atoms with E-state index in [0.29, 0.717) is 11.5 Å². The Morgan fingerprint density at radius 3 is 2.95 bits per heavy atom. The van der Waals surface area contributed by atoms with Crippen LogP contribution in [0.3, 0.4) is 0 Å². The van der Waals surface area contributed by atoms with Crippen molar-refractivity contribution >= 4 is 16.7 Å². The van der Waals surface area contributed by atoms with E-state index in [1.165, 1.54) is 13.0 Å². The van der Waals surface area contributed by atoms with Gasteiger partial charge in [0.15, 0.2) is 0 Å². The van der Waals surface area contributed by atoms with Crippen LogP contribution in [0.25, 0.3) is 10.9 Å². The fraction of sp³-hybridized carbons (Fsp3) is 0.412. The van der Waals surface area contributed by atoms with Crippen molar-refractivity contribution in [1.29, 1.82) is 5.26 Å². The number of anilines is 1. The molecule has 0 saturated carbocycles. The average molecular weight is 280 g/mol. The lowest BCUT2D eigenvalue weighted by atomic mass is 10.1. The molecular weight excluding hydrogens is 260 g/mol. The first-order chi connectivity index (χ1) is 10.2. The Bertz CT molecular complexity index is 689. The van der Waals surface area contributed by atoms with Crippen molar-refractivity contribution in [2.24, 2.45) is 5.92 Å². The molecule has 3 rings (SSSR count). The normalized spacial score (nSPS) is 18.8. The van der Waals surface area contributed by atoms with E-state index < -0.39 is 0 Å². The Morgan fingerprint density at radius 1 is 1.43 bits per heavy atom. The molecule has 0 aliphatic carbocycles. The van der Waals surface area contributed by atoms with Gasteiger partial charge in [-0.15, -0.1) is 0 Å². The van der Waals surface area contributed by atoms with Gasteiger partial charge in [0.1, 0.15) is 5.82 Å². The van der Waals surface area contributed by atoms with Gasteiger partial charge < -0.3 is 9.80 Å². The minimum atomic E-state index is 0.679. The lowest BCUT2D eigenvalue weighted by molar-refractivity contribution is 0.395. The molecule has 0 N–H and O–H groups in total. The number of hydrogen-bond donors (Lipinski definition) is 0. The van der Waals surface area contributed by atoms with E-state index >= 15 is 0 Å². The fourth-order valence-electron chi connectivity index (χ4n) is 3.11. The minimum absolute atomic E-state index is 0.679. The first-order valence-corrected chi connectivity index (χ1v) is 7.37. The Balaban J connectivity index is 1.88. The van der Waals surface area contributed by atoms with Crippen LogP contribution in [0.15, 0.2) is 30.3 Å². The first-order valence-electron chi connectivity index (χ1n) is 7.37. The van der Waals surface area contributed by atoms with Crippen molar-refractivity contribution in [3.05, 3.63) is 35.9 Å². The number of para-hydroxylation sites is 1. The van der Waals surface area contributed by atoms with Crippen molar-refractivity contribution in [2.45, 2.75) is 6.42 Å². The molecule has 1 unspecified atom stereocenters. The zero-order valence-corrected chi connectivity index (χ0v) is 12.6. The number of pyridine rings is 1. The van der Waals surface area contributed by atoms with Gasteiger partial charge in [0.25, 0.3) is 0 Å². The van der Waals surface area contributed by atoms with E-state index in [9.17, 15) is 5.26 Å². The zero-order chi connectivity index (χ0) is 14.8. The van der Waals surface area contributed by atoms with E-state index in [2.05, 4.69) is 30.0 Å². The number of benzene rings is 1. The lowest BCUT2D eigenvalue weighted by Gasteiger charge is -2.22. The van der Waals surface area contributed by atoms with Crippen LogP contribution in [0, 0.1) is 17.2 Å². The molecule has 1 atom stereocenters. The van der Waals surface area contributed by atoms with Gasteiger partial charge in [-0.25, -0.2) is 4.98 Å². The van der Waals surface area contributed by atoms with Crippen LogP contribution in [-0.4, -0.2) is 43.6 Å². The maximum absolute atomic E-state index is 9.36. The summed E-state index contributed by atoms with van der Waals surface area (Å²) in [5, 5.41) is 10.3. The molecule has 1 fully saturated rings. The van der Waals surface area contributed by atoms with Gasteiger partial charge in [-0.1, -0.05) is 18.2 Å². The molecule has 2 aromatic rings.